The Hall–Kier alpha value is -2.38. The van der Waals surface area contributed by atoms with Crippen LogP contribution in [-0.4, -0.2) is 58.8 Å². The molecule has 0 saturated heterocycles. The molecule has 0 bridgehead atoms. The zero-order valence-corrected chi connectivity index (χ0v) is 14.9. The SMILES string of the molecule is CC(N(C)C)C1(C)OCCc2c1[nH]c1ccccc21.O=C(O)C(=O)O. The first-order valence-electron chi connectivity index (χ1n) is 8.05. The second kappa shape index (κ2) is 7.25. The van der Waals surface area contributed by atoms with Crippen molar-refractivity contribution in [3.63, 3.8) is 0 Å². The maximum Gasteiger partial charge on any atom is 0.414 e. The van der Waals surface area contributed by atoms with Crippen molar-refractivity contribution in [3.8, 4) is 0 Å². The molecule has 0 saturated carbocycles. The Balaban J connectivity index is 0.000000326. The quantitative estimate of drug-likeness (QED) is 0.718. The van der Waals surface area contributed by atoms with E-state index < -0.39 is 11.9 Å². The Bertz CT molecular complexity index is 771. The fourth-order valence-electron chi connectivity index (χ4n) is 3.14. The summed E-state index contributed by atoms with van der Waals surface area (Å²) < 4.78 is 6.17. The van der Waals surface area contributed by atoms with E-state index in [9.17, 15) is 0 Å². The number of nitrogens with one attached hydrogen (secondary N) is 1. The number of aliphatic carboxylic acids is 2. The fraction of sp³-hybridized carbons (Fsp3) is 0.444. The summed E-state index contributed by atoms with van der Waals surface area (Å²) in [5, 5.41) is 16.1. The lowest BCUT2D eigenvalue weighted by Gasteiger charge is -2.41. The largest absolute Gasteiger partial charge is 0.473 e. The molecular weight excluding hydrogens is 324 g/mol. The number of ether oxygens (including phenoxy) is 1. The van der Waals surface area contributed by atoms with Gasteiger partial charge in [-0.1, -0.05) is 18.2 Å². The molecule has 7 heteroatoms. The van der Waals surface area contributed by atoms with E-state index in [1.54, 1.807) is 0 Å². The van der Waals surface area contributed by atoms with E-state index in [0.29, 0.717) is 6.04 Å². The molecule has 1 aromatic carbocycles. The number of H-pyrrole nitrogens is 1. The summed E-state index contributed by atoms with van der Waals surface area (Å²) in [6.45, 7) is 5.22. The molecule has 0 radical (unpaired) electrons. The van der Waals surface area contributed by atoms with Gasteiger partial charge in [0.25, 0.3) is 0 Å². The van der Waals surface area contributed by atoms with Gasteiger partial charge in [0.15, 0.2) is 0 Å². The monoisotopic (exact) mass is 348 g/mol. The third kappa shape index (κ3) is 3.67. The highest BCUT2D eigenvalue weighted by atomic mass is 16.5. The minimum absolute atomic E-state index is 0.268. The second-order valence-corrected chi connectivity index (χ2v) is 6.48. The molecule has 2 unspecified atom stereocenters. The number of rotatable bonds is 2. The van der Waals surface area contributed by atoms with Gasteiger partial charge in [0.2, 0.25) is 0 Å². The zero-order valence-electron chi connectivity index (χ0n) is 14.9. The van der Waals surface area contributed by atoms with Crippen LogP contribution in [0.5, 0.6) is 0 Å². The van der Waals surface area contributed by atoms with Crippen LogP contribution in [-0.2, 0) is 26.3 Å². The van der Waals surface area contributed by atoms with Gasteiger partial charge in [-0.25, -0.2) is 9.59 Å². The van der Waals surface area contributed by atoms with Crippen molar-refractivity contribution >= 4 is 22.8 Å². The summed E-state index contributed by atoms with van der Waals surface area (Å²) in [6, 6.07) is 8.86. The predicted molar refractivity (Wildman–Crippen MR) is 93.7 cm³/mol. The number of likely N-dealkylation sites (N-methyl/N-ethyl adjacent to an activating group) is 1. The maximum absolute atomic E-state index is 9.10. The van der Waals surface area contributed by atoms with Crippen LogP contribution in [0.3, 0.4) is 0 Å². The molecule has 2 heterocycles. The lowest BCUT2D eigenvalue weighted by atomic mass is 9.87. The number of aromatic nitrogens is 1. The molecule has 1 aliphatic rings. The molecule has 0 aliphatic carbocycles. The number of carboxylic acid groups (broad SMARTS) is 2. The standard InChI is InChI=1S/C16H22N2O.C2H2O4/c1-11(18(3)4)16(2)15-13(9-10-19-16)12-7-5-6-8-14(12)17-15;3-1(4)2(5)6/h5-8,11,17H,9-10H2,1-4H3;(H,3,4)(H,5,6). The van der Waals surface area contributed by atoms with Crippen molar-refractivity contribution in [3.05, 3.63) is 35.5 Å². The van der Waals surface area contributed by atoms with Gasteiger partial charge in [-0.3, -0.25) is 0 Å². The zero-order chi connectivity index (χ0) is 18.8. The average Bonchev–Trinajstić information content (AvgIpc) is 2.95. The lowest BCUT2D eigenvalue weighted by Crippen LogP contribution is -2.48. The molecule has 2 aromatic rings. The number of para-hydroxylation sites is 1. The van der Waals surface area contributed by atoms with E-state index in [-0.39, 0.29) is 5.60 Å². The van der Waals surface area contributed by atoms with Gasteiger partial charge in [-0.15, -0.1) is 0 Å². The van der Waals surface area contributed by atoms with E-state index in [0.717, 1.165) is 13.0 Å². The third-order valence-corrected chi connectivity index (χ3v) is 4.82. The summed E-state index contributed by atoms with van der Waals surface area (Å²) in [5.74, 6) is -3.65. The van der Waals surface area contributed by atoms with Crippen LogP contribution in [0.1, 0.15) is 25.1 Å². The van der Waals surface area contributed by atoms with Crippen molar-refractivity contribution in [1.82, 2.24) is 9.88 Å². The Kier molecular flexibility index (Phi) is 5.49. The number of carboxylic acids is 2. The van der Waals surface area contributed by atoms with Crippen LogP contribution in [0.4, 0.5) is 0 Å². The number of nitrogens with zero attached hydrogens (tertiary/aromatic N) is 1. The van der Waals surface area contributed by atoms with E-state index in [1.165, 1.54) is 22.2 Å². The van der Waals surface area contributed by atoms with E-state index >= 15 is 0 Å². The summed E-state index contributed by atoms with van der Waals surface area (Å²) in [5.41, 5.74) is 3.63. The third-order valence-electron chi connectivity index (χ3n) is 4.82. The Morgan fingerprint density at radius 2 is 1.84 bits per heavy atom. The summed E-state index contributed by atoms with van der Waals surface area (Å²) in [4.78, 5) is 24.0. The number of benzene rings is 1. The summed E-state index contributed by atoms with van der Waals surface area (Å²) in [7, 11) is 4.21. The molecule has 0 spiro atoms. The molecule has 25 heavy (non-hydrogen) atoms. The maximum atomic E-state index is 9.10. The first kappa shape index (κ1) is 19.0. The Morgan fingerprint density at radius 3 is 2.40 bits per heavy atom. The van der Waals surface area contributed by atoms with E-state index in [1.807, 2.05) is 0 Å². The van der Waals surface area contributed by atoms with E-state index in [4.69, 9.17) is 24.5 Å². The number of aromatic amines is 1. The smallest absolute Gasteiger partial charge is 0.414 e. The van der Waals surface area contributed by atoms with Crippen LogP contribution in [0, 0.1) is 0 Å². The normalized spacial score (nSPS) is 20.5. The van der Waals surface area contributed by atoms with Crippen LogP contribution in [0.15, 0.2) is 24.3 Å². The lowest BCUT2D eigenvalue weighted by molar-refractivity contribution is -0.159. The van der Waals surface area contributed by atoms with Gasteiger partial charge in [0.1, 0.15) is 5.60 Å². The topological polar surface area (TPSA) is 103 Å². The van der Waals surface area contributed by atoms with Crippen LogP contribution in [0.2, 0.25) is 0 Å². The number of carbonyl (C=O) groups is 2. The highest BCUT2D eigenvalue weighted by molar-refractivity contribution is 6.27. The molecule has 3 rings (SSSR count). The van der Waals surface area contributed by atoms with Crippen molar-refractivity contribution < 1.29 is 24.5 Å². The van der Waals surface area contributed by atoms with Crippen LogP contribution < -0.4 is 0 Å². The van der Waals surface area contributed by atoms with Gasteiger partial charge >= 0.3 is 11.9 Å². The molecule has 0 fully saturated rings. The fourth-order valence-corrected chi connectivity index (χ4v) is 3.14. The second-order valence-electron chi connectivity index (χ2n) is 6.48. The minimum atomic E-state index is -1.82. The minimum Gasteiger partial charge on any atom is -0.473 e. The highest BCUT2D eigenvalue weighted by Gasteiger charge is 2.41. The van der Waals surface area contributed by atoms with Crippen molar-refractivity contribution in [2.75, 3.05) is 20.7 Å². The van der Waals surface area contributed by atoms with Gasteiger partial charge < -0.3 is 24.8 Å². The van der Waals surface area contributed by atoms with Crippen molar-refractivity contribution in [1.29, 1.82) is 0 Å². The van der Waals surface area contributed by atoms with Crippen LogP contribution >= 0.6 is 0 Å². The van der Waals surface area contributed by atoms with Crippen molar-refractivity contribution in [2.45, 2.75) is 31.9 Å². The van der Waals surface area contributed by atoms with Crippen molar-refractivity contribution in [2.24, 2.45) is 0 Å². The Morgan fingerprint density at radius 1 is 1.24 bits per heavy atom. The van der Waals surface area contributed by atoms with Gasteiger partial charge in [0.05, 0.1) is 12.3 Å². The number of fused-ring (bicyclic) bond motifs is 3. The van der Waals surface area contributed by atoms with E-state index in [2.05, 4.69) is 62.1 Å². The highest BCUT2D eigenvalue weighted by Crippen LogP contribution is 2.39. The molecule has 0 amide bonds. The first-order valence-corrected chi connectivity index (χ1v) is 8.05. The molecule has 2 atom stereocenters. The molecule has 7 nitrogen and oxygen atoms in total. The van der Waals surface area contributed by atoms with Crippen LogP contribution in [0.25, 0.3) is 10.9 Å². The van der Waals surface area contributed by atoms with Gasteiger partial charge in [-0.05, 0) is 46.0 Å². The molecule has 1 aromatic heterocycles. The summed E-state index contributed by atoms with van der Waals surface area (Å²) >= 11 is 0. The predicted octanol–water partition coefficient (Wildman–Crippen LogP) is 2.06. The van der Waals surface area contributed by atoms with Gasteiger partial charge in [0, 0.05) is 16.9 Å². The number of hydrogen-bond acceptors (Lipinski definition) is 4. The Labute approximate surface area is 146 Å². The molecular formula is C18H24N2O5. The molecule has 3 N–H and O–H groups in total. The molecule has 136 valence electrons. The van der Waals surface area contributed by atoms with Gasteiger partial charge in [-0.2, -0.15) is 0 Å². The summed E-state index contributed by atoms with van der Waals surface area (Å²) in [6.07, 6.45) is 0.995. The average molecular weight is 348 g/mol. The number of hydrogen-bond donors (Lipinski definition) is 3. The molecule has 1 aliphatic heterocycles. The first-order chi connectivity index (χ1) is 11.7.